The summed E-state index contributed by atoms with van der Waals surface area (Å²) in [4.78, 5) is 41.1. The number of halogens is 1. The van der Waals surface area contributed by atoms with Gasteiger partial charge in [-0.05, 0) is 85.6 Å². The summed E-state index contributed by atoms with van der Waals surface area (Å²) in [5, 5.41) is 9.58. The zero-order valence-electron chi connectivity index (χ0n) is 21.9. The number of benzene rings is 3. The lowest BCUT2D eigenvalue weighted by molar-refractivity contribution is -0.117. The second kappa shape index (κ2) is 11.3. The molecule has 40 heavy (non-hydrogen) atoms. The lowest BCUT2D eigenvalue weighted by atomic mass is 9.89. The van der Waals surface area contributed by atoms with Crippen molar-refractivity contribution >= 4 is 40.8 Å². The maximum atomic E-state index is 13.8. The third-order valence-electron chi connectivity index (χ3n) is 6.89. The molecule has 1 aromatic heterocycles. The summed E-state index contributed by atoms with van der Waals surface area (Å²) in [6, 6.07) is 24.1. The number of nitrogens with zero attached hydrogens (tertiary/aromatic N) is 2. The van der Waals surface area contributed by atoms with E-state index in [1.807, 2.05) is 43.3 Å². The van der Waals surface area contributed by atoms with E-state index in [1.165, 1.54) is 6.07 Å². The van der Waals surface area contributed by atoms with E-state index in [0.29, 0.717) is 28.5 Å². The lowest BCUT2D eigenvalue weighted by Crippen LogP contribution is -2.47. The summed E-state index contributed by atoms with van der Waals surface area (Å²) in [5.41, 5.74) is 2.87. The molecule has 204 valence electrons. The van der Waals surface area contributed by atoms with E-state index in [4.69, 9.17) is 25.9 Å². The van der Waals surface area contributed by atoms with Crippen LogP contribution in [0.25, 0.3) is 0 Å². The minimum absolute atomic E-state index is 0.0543. The maximum absolute atomic E-state index is 13.8. The van der Waals surface area contributed by atoms with Crippen LogP contribution < -0.4 is 14.5 Å². The van der Waals surface area contributed by atoms with Gasteiger partial charge in [0.25, 0.3) is 5.91 Å². The van der Waals surface area contributed by atoms with Gasteiger partial charge in [0.1, 0.15) is 18.1 Å². The number of carboxylic acid groups (broad SMARTS) is 1. The van der Waals surface area contributed by atoms with Crippen LogP contribution in [0.4, 0.5) is 11.4 Å². The first-order valence-electron chi connectivity index (χ1n) is 12.8. The molecule has 0 spiro atoms. The van der Waals surface area contributed by atoms with Gasteiger partial charge in [0, 0.05) is 34.9 Å². The number of carboxylic acids is 1. The number of anilines is 2. The van der Waals surface area contributed by atoms with Crippen molar-refractivity contribution in [3.63, 3.8) is 0 Å². The van der Waals surface area contributed by atoms with Crippen molar-refractivity contribution in [2.45, 2.75) is 39.0 Å². The quantitative estimate of drug-likeness (QED) is 0.269. The Morgan fingerprint density at radius 1 is 1.00 bits per heavy atom. The highest BCUT2D eigenvalue weighted by molar-refractivity contribution is 6.30. The Labute approximate surface area is 236 Å². The molecule has 0 radical (unpaired) electrons. The highest BCUT2D eigenvalue weighted by atomic mass is 35.5. The van der Waals surface area contributed by atoms with E-state index in [0.717, 1.165) is 16.9 Å². The van der Waals surface area contributed by atoms with Crippen LogP contribution in [-0.4, -0.2) is 28.9 Å². The Balaban J connectivity index is 1.37. The molecule has 0 bridgehead atoms. The summed E-state index contributed by atoms with van der Waals surface area (Å²) in [6.45, 7) is 3.58. The van der Waals surface area contributed by atoms with E-state index < -0.39 is 5.97 Å². The fourth-order valence-electron chi connectivity index (χ4n) is 5.08. The van der Waals surface area contributed by atoms with Gasteiger partial charge in [-0.2, -0.15) is 0 Å². The smallest absolute Gasteiger partial charge is 0.371 e. The normalized spacial score (nSPS) is 16.2. The fraction of sp³-hybridized carbons (Fsp3) is 0.194. The van der Waals surface area contributed by atoms with E-state index >= 15 is 0 Å². The SMILES string of the molecule is CC(=O)N(c1ccc(Cl)cc1)C1CC(C)N(C(=O)c2ccc(OCc3ccc(C(=O)O)o3)cc2)c2ccccc21. The predicted molar refractivity (Wildman–Crippen MR) is 151 cm³/mol. The molecule has 0 saturated heterocycles. The lowest BCUT2D eigenvalue weighted by Gasteiger charge is -2.43. The van der Waals surface area contributed by atoms with E-state index in [2.05, 4.69) is 0 Å². The molecule has 0 saturated carbocycles. The minimum atomic E-state index is -1.15. The average molecular weight is 559 g/mol. The van der Waals surface area contributed by atoms with Crippen molar-refractivity contribution in [1.29, 1.82) is 0 Å². The van der Waals surface area contributed by atoms with Crippen molar-refractivity contribution in [2.24, 2.45) is 0 Å². The van der Waals surface area contributed by atoms with Gasteiger partial charge < -0.3 is 24.1 Å². The molecule has 5 rings (SSSR count). The van der Waals surface area contributed by atoms with Crippen molar-refractivity contribution in [2.75, 3.05) is 9.80 Å². The molecule has 2 heterocycles. The van der Waals surface area contributed by atoms with Gasteiger partial charge >= 0.3 is 5.97 Å². The number of furan rings is 1. The maximum Gasteiger partial charge on any atom is 0.371 e. The molecule has 2 amide bonds. The van der Waals surface area contributed by atoms with Crippen LogP contribution in [0.3, 0.4) is 0 Å². The second-order valence-electron chi connectivity index (χ2n) is 9.58. The summed E-state index contributed by atoms with van der Waals surface area (Å²) in [7, 11) is 0. The van der Waals surface area contributed by atoms with Gasteiger partial charge in [0.05, 0.1) is 6.04 Å². The highest BCUT2D eigenvalue weighted by Crippen LogP contribution is 2.43. The Kier molecular flexibility index (Phi) is 7.62. The standard InChI is InChI=1S/C31H27ClN2O6/c1-19-17-28(34(20(2)35)23-11-9-22(32)10-12-23)26-5-3-4-6-27(26)33(19)30(36)21-7-13-24(14-8-21)39-18-25-15-16-29(40-25)31(37)38/h3-16,19,28H,17-18H2,1-2H3,(H,37,38). The summed E-state index contributed by atoms with van der Waals surface area (Å²) in [5.74, 6) is -0.673. The van der Waals surface area contributed by atoms with Gasteiger partial charge in [-0.1, -0.05) is 29.8 Å². The number of carbonyl (C=O) groups is 3. The zero-order chi connectivity index (χ0) is 28.4. The molecular weight excluding hydrogens is 532 g/mol. The van der Waals surface area contributed by atoms with Crippen LogP contribution in [0.15, 0.2) is 89.3 Å². The van der Waals surface area contributed by atoms with Crippen molar-refractivity contribution < 1.29 is 28.6 Å². The van der Waals surface area contributed by atoms with E-state index in [-0.39, 0.29) is 36.3 Å². The van der Waals surface area contributed by atoms with Crippen molar-refractivity contribution in [1.82, 2.24) is 0 Å². The Morgan fingerprint density at radius 3 is 2.35 bits per heavy atom. The number of fused-ring (bicyclic) bond motifs is 1. The number of amides is 2. The van der Waals surface area contributed by atoms with Crippen LogP contribution in [0.1, 0.15) is 58.5 Å². The first-order valence-corrected chi connectivity index (χ1v) is 13.1. The van der Waals surface area contributed by atoms with Crippen molar-refractivity contribution in [3.05, 3.63) is 113 Å². The highest BCUT2D eigenvalue weighted by Gasteiger charge is 2.38. The van der Waals surface area contributed by atoms with Crippen LogP contribution in [-0.2, 0) is 11.4 Å². The first kappa shape index (κ1) is 27.0. The molecule has 2 unspecified atom stereocenters. The molecule has 9 heteroatoms. The Hall–Kier alpha value is -4.56. The van der Waals surface area contributed by atoms with Crippen LogP contribution in [0.2, 0.25) is 5.02 Å². The molecule has 3 aromatic carbocycles. The first-order chi connectivity index (χ1) is 19.2. The van der Waals surface area contributed by atoms with Gasteiger partial charge in [-0.3, -0.25) is 9.59 Å². The number of hydrogen-bond acceptors (Lipinski definition) is 5. The van der Waals surface area contributed by atoms with E-state index in [9.17, 15) is 14.4 Å². The summed E-state index contributed by atoms with van der Waals surface area (Å²) < 4.78 is 10.9. The topological polar surface area (TPSA) is 100 Å². The number of carbonyl (C=O) groups excluding carboxylic acids is 2. The molecule has 4 aromatic rings. The Morgan fingerprint density at radius 2 is 1.70 bits per heavy atom. The minimum Gasteiger partial charge on any atom is -0.486 e. The predicted octanol–water partition coefficient (Wildman–Crippen LogP) is 6.74. The van der Waals surface area contributed by atoms with Gasteiger partial charge in [-0.25, -0.2) is 4.79 Å². The molecule has 1 aliphatic rings. The fourth-order valence-corrected chi connectivity index (χ4v) is 5.20. The monoisotopic (exact) mass is 558 g/mol. The number of para-hydroxylation sites is 1. The molecule has 1 N–H and O–H groups in total. The van der Waals surface area contributed by atoms with Crippen molar-refractivity contribution in [3.8, 4) is 5.75 Å². The number of rotatable bonds is 7. The second-order valence-corrected chi connectivity index (χ2v) is 10.0. The zero-order valence-corrected chi connectivity index (χ0v) is 22.7. The van der Waals surface area contributed by atoms with Gasteiger partial charge in [-0.15, -0.1) is 0 Å². The average Bonchev–Trinajstić information content (AvgIpc) is 3.43. The molecule has 8 nitrogen and oxygen atoms in total. The largest absolute Gasteiger partial charge is 0.486 e. The van der Waals surface area contributed by atoms with Gasteiger partial charge in [0.15, 0.2) is 0 Å². The molecule has 2 atom stereocenters. The molecule has 1 aliphatic heterocycles. The number of ether oxygens (including phenoxy) is 1. The summed E-state index contributed by atoms with van der Waals surface area (Å²) >= 11 is 6.09. The molecule has 0 aliphatic carbocycles. The molecular formula is C31H27ClN2O6. The number of hydrogen-bond donors (Lipinski definition) is 1. The van der Waals surface area contributed by atoms with Gasteiger partial charge in [0.2, 0.25) is 11.7 Å². The van der Waals surface area contributed by atoms with Crippen LogP contribution >= 0.6 is 11.6 Å². The number of aromatic carboxylic acids is 1. The third kappa shape index (κ3) is 5.44. The molecule has 0 fully saturated rings. The van der Waals surface area contributed by atoms with Crippen LogP contribution in [0.5, 0.6) is 5.75 Å². The van der Waals surface area contributed by atoms with E-state index in [1.54, 1.807) is 59.2 Å². The Bertz CT molecular complexity index is 1550. The third-order valence-corrected chi connectivity index (χ3v) is 7.14. The van der Waals surface area contributed by atoms with Crippen LogP contribution in [0, 0.1) is 0 Å². The summed E-state index contributed by atoms with van der Waals surface area (Å²) in [6.07, 6.45) is 0.549.